The fourth-order valence-corrected chi connectivity index (χ4v) is 3.04. The molecule has 112 valence electrons. The van der Waals surface area contributed by atoms with Crippen molar-refractivity contribution in [1.29, 1.82) is 0 Å². The summed E-state index contributed by atoms with van der Waals surface area (Å²) in [4.78, 5) is 11.9. The summed E-state index contributed by atoms with van der Waals surface area (Å²) in [5.41, 5.74) is 5.45. The Bertz CT molecular complexity index is 235. The van der Waals surface area contributed by atoms with Crippen LogP contribution in [0.2, 0.25) is 0 Å². The fraction of sp³-hybridized carbons (Fsp3) is 0.938. The fourth-order valence-electron chi connectivity index (χ4n) is 3.04. The van der Waals surface area contributed by atoms with Crippen LogP contribution in [0.15, 0.2) is 0 Å². The summed E-state index contributed by atoms with van der Waals surface area (Å²) in [5, 5.41) is 3.20. The van der Waals surface area contributed by atoms with Gasteiger partial charge in [0, 0.05) is 12.5 Å². The van der Waals surface area contributed by atoms with Crippen molar-refractivity contribution in [3.8, 4) is 0 Å². The molecule has 0 saturated heterocycles. The van der Waals surface area contributed by atoms with Gasteiger partial charge in [-0.05, 0) is 45.1 Å². The SMILES string of the molecule is C[C@H](NC(=O)CCCCCCN)C1CCCCCC1. The van der Waals surface area contributed by atoms with Gasteiger partial charge < -0.3 is 11.1 Å². The summed E-state index contributed by atoms with van der Waals surface area (Å²) >= 11 is 0. The molecular formula is C16H32N2O. The standard InChI is InChI=1S/C16H32N2O/c1-14(15-10-6-2-3-7-11-15)18-16(19)12-8-4-5-9-13-17/h14-15H,2-13,17H2,1H3,(H,18,19)/t14-/m0/s1. The number of rotatable bonds is 8. The molecule has 0 unspecified atom stereocenters. The molecule has 0 aromatic carbocycles. The van der Waals surface area contributed by atoms with E-state index in [1.807, 2.05) is 0 Å². The minimum absolute atomic E-state index is 0.240. The number of carbonyl (C=O) groups is 1. The average Bonchev–Trinajstić information content (AvgIpc) is 2.67. The second kappa shape index (κ2) is 10.2. The lowest BCUT2D eigenvalue weighted by Crippen LogP contribution is -2.37. The lowest BCUT2D eigenvalue weighted by atomic mass is 9.93. The normalized spacial score (nSPS) is 18.8. The molecular weight excluding hydrogens is 236 g/mol. The van der Waals surface area contributed by atoms with Gasteiger partial charge in [0.15, 0.2) is 0 Å². The Balaban J connectivity index is 2.12. The molecule has 0 radical (unpaired) electrons. The third kappa shape index (κ3) is 7.56. The lowest BCUT2D eigenvalue weighted by molar-refractivity contribution is -0.122. The molecule has 0 aliphatic heterocycles. The molecule has 19 heavy (non-hydrogen) atoms. The maximum Gasteiger partial charge on any atom is 0.220 e. The first-order valence-corrected chi connectivity index (χ1v) is 8.23. The Kier molecular flexibility index (Phi) is 8.89. The maximum absolute atomic E-state index is 11.9. The Labute approximate surface area is 118 Å². The van der Waals surface area contributed by atoms with Crippen molar-refractivity contribution in [3.05, 3.63) is 0 Å². The molecule has 1 fully saturated rings. The van der Waals surface area contributed by atoms with Crippen LogP contribution in [0.5, 0.6) is 0 Å². The van der Waals surface area contributed by atoms with Crippen LogP contribution in [-0.4, -0.2) is 18.5 Å². The first kappa shape index (κ1) is 16.5. The third-order valence-corrected chi connectivity index (χ3v) is 4.35. The summed E-state index contributed by atoms with van der Waals surface area (Å²) in [6.45, 7) is 2.95. The molecule has 1 aliphatic rings. The van der Waals surface area contributed by atoms with E-state index in [0.717, 1.165) is 32.2 Å². The van der Waals surface area contributed by atoms with Crippen LogP contribution in [0, 0.1) is 5.92 Å². The van der Waals surface area contributed by atoms with Gasteiger partial charge in [0.05, 0.1) is 0 Å². The van der Waals surface area contributed by atoms with Gasteiger partial charge in [-0.2, -0.15) is 0 Å². The van der Waals surface area contributed by atoms with E-state index in [9.17, 15) is 4.79 Å². The van der Waals surface area contributed by atoms with Crippen LogP contribution < -0.4 is 11.1 Å². The van der Waals surface area contributed by atoms with Crippen molar-refractivity contribution >= 4 is 5.91 Å². The summed E-state index contributed by atoms with van der Waals surface area (Å²) in [6.07, 6.45) is 13.1. The van der Waals surface area contributed by atoms with Gasteiger partial charge in [0.2, 0.25) is 5.91 Å². The first-order valence-electron chi connectivity index (χ1n) is 8.23. The molecule has 1 aliphatic carbocycles. The van der Waals surface area contributed by atoms with Crippen LogP contribution in [0.3, 0.4) is 0 Å². The van der Waals surface area contributed by atoms with Crippen molar-refractivity contribution in [2.75, 3.05) is 6.54 Å². The first-order chi connectivity index (χ1) is 9.24. The lowest BCUT2D eigenvalue weighted by Gasteiger charge is -2.23. The van der Waals surface area contributed by atoms with E-state index in [2.05, 4.69) is 12.2 Å². The maximum atomic E-state index is 11.9. The minimum Gasteiger partial charge on any atom is -0.353 e. The zero-order valence-corrected chi connectivity index (χ0v) is 12.6. The van der Waals surface area contributed by atoms with Crippen LogP contribution in [0.25, 0.3) is 0 Å². The number of hydrogen-bond acceptors (Lipinski definition) is 2. The van der Waals surface area contributed by atoms with E-state index in [4.69, 9.17) is 5.73 Å². The number of amides is 1. The zero-order valence-electron chi connectivity index (χ0n) is 12.6. The second-order valence-electron chi connectivity index (χ2n) is 6.06. The third-order valence-electron chi connectivity index (χ3n) is 4.35. The monoisotopic (exact) mass is 268 g/mol. The minimum atomic E-state index is 0.240. The van der Waals surface area contributed by atoms with E-state index in [1.54, 1.807) is 0 Å². The van der Waals surface area contributed by atoms with Gasteiger partial charge in [0.25, 0.3) is 0 Å². The number of nitrogens with one attached hydrogen (secondary N) is 1. The smallest absolute Gasteiger partial charge is 0.220 e. The molecule has 1 saturated carbocycles. The molecule has 3 heteroatoms. The number of unbranched alkanes of at least 4 members (excludes halogenated alkanes) is 3. The molecule has 1 atom stereocenters. The summed E-state index contributed by atoms with van der Waals surface area (Å²) in [5.74, 6) is 0.938. The highest BCUT2D eigenvalue weighted by molar-refractivity contribution is 5.76. The Morgan fingerprint density at radius 2 is 1.74 bits per heavy atom. The van der Waals surface area contributed by atoms with Crippen LogP contribution in [0.1, 0.15) is 77.6 Å². The Morgan fingerprint density at radius 3 is 2.37 bits per heavy atom. The van der Waals surface area contributed by atoms with E-state index >= 15 is 0 Å². The molecule has 0 bridgehead atoms. The van der Waals surface area contributed by atoms with Gasteiger partial charge in [-0.15, -0.1) is 0 Å². The van der Waals surface area contributed by atoms with Crippen molar-refractivity contribution in [2.45, 2.75) is 83.6 Å². The topological polar surface area (TPSA) is 55.1 Å². The largest absolute Gasteiger partial charge is 0.353 e. The van der Waals surface area contributed by atoms with Crippen molar-refractivity contribution in [3.63, 3.8) is 0 Å². The molecule has 0 spiro atoms. The van der Waals surface area contributed by atoms with E-state index in [-0.39, 0.29) is 5.91 Å². The number of nitrogens with two attached hydrogens (primary N) is 1. The van der Waals surface area contributed by atoms with E-state index < -0.39 is 0 Å². The molecule has 1 amide bonds. The highest BCUT2D eigenvalue weighted by Gasteiger charge is 2.20. The number of hydrogen-bond donors (Lipinski definition) is 2. The zero-order chi connectivity index (χ0) is 13.9. The average molecular weight is 268 g/mol. The molecule has 0 heterocycles. The summed E-state index contributed by atoms with van der Waals surface area (Å²) in [6, 6.07) is 0.356. The number of carbonyl (C=O) groups excluding carboxylic acids is 1. The molecule has 0 aromatic heterocycles. The van der Waals surface area contributed by atoms with Gasteiger partial charge in [-0.25, -0.2) is 0 Å². The van der Waals surface area contributed by atoms with E-state index in [0.29, 0.717) is 18.4 Å². The van der Waals surface area contributed by atoms with Crippen LogP contribution in [0.4, 0.5) is 0 Å². The van der Waals surface area contributed by atoms with Crippen molar-refractivity contribution < 1.29 is 4.79 Å². The Morgan fingerprint density at radius 1 is 1.11 bits per heavy atom. The van der Waals surface area contributed by atoms with Crippen LogP contribution >= 0.6 is 0 Å². The molecule has 1 rings (SSSR count). The van der Waals surface area contributed by atoms with Gasteiger partial charge in [-0.1, -0.05) is 38.5 Å². The summed E-state index contributed by atoms with van der Waals surface area (Å²) < 4.78 is 0. The second-order valence-corrected chi connectivity index (χ2v) is 6.06. The van der Waals surface area contributed by atoms with Crippen molar-refractivity contribution in [1.82, 2.24) is 5.32 Å². The highest BCUT2D eigenvalue weighted by Crippen LogP contribution is 2.25. The molecule has 3 N–H and O–H groups in total. The van der Waals surface area contributed by atoms with Gasteiger partial charge in [0.1, 0.15) is 0 Å². The van der Waals surface area contributed by atoms with Gasteiger partial charge >= 0.3 is 0 Å². The van der Waals surface area contributed by atoms with Crippen LogP contribution in [-0.2, 0) is 4.79 Å². The van der Waals surface area contributed by atoms with Crippen molar-refractivity contribution in [2.24, 2.45) is 11.7 Å². The van der Waals surface area contributed by atoms with E-state index in [1.165, 1.54) is 38.5 Å². The summed E-state index contributed by atoms with van der Waals surface area (Å²) in [7, 11) is 0. The predicted molar refractivity (Wildman–Crippen MR) is 80.9 cm³/mol. The Hall–Kier alpha value is -0.570. The quantitative estimate of drug-likeness (QED) is 0.524. The highest BCUT2D eigenvalue weighted by atomic mass is 16.1. The predicted octanol–water partition coefficient (Wildman–Crippen LogP) is 3.37. The van der Waals surface area contributed by atoms with Gasteiger partial charge in [-0.3, -0.25) is 4.79 Å². The molecule has 0 aromatic rings. The molecule has 3 nitrogen and oxygen atoms in total.